The molecule has 0 saturated carbocycles. The molecule has 3 amide bonds. The van der Waals surface area contributed by atoms with Crippen molar-refractivity contribution in [1.82, 2.24) is 15.5 Å². The van der Waals surface area contributed by atoms with E-state index < -0.39 is 0 Å². The fourth-order valence-corrected chi connectivity index (χ4v) is 3.75. The maximum absolute atomic E-state index is 12.9. The molecule has 0 saturated heterocycles. The molecule has 6 nitrogen and oxygen atoms in total. The van der Waals surface area contributed by atoms with E-state index in [0.717, 1.165) is 17.5 Å². The molecule has 158 valence electrons. The summed E-state index contributed by atoms with van der Waals surface area (Å²) in [7, 11) is 0. The van der Waals surface area contributed by atoms with Gasteiger partial charge in [-0.15, -0.1) is 0 Å². The van der Waals surface area contributed by atoms with Crippen molar-refractivity contribution in [2.45, 2.75) is 32.2 Å². The molecule has 3 rings (SSSR count). The summed E-state index contributed by atoms with van der Waals surface area (Å²) in [4.78, 5) is 38.2. The number of carbonyl (C=O) groups excluding carboxylic acids is 3. The van der Waals surface area contributed by atoms with Gasteiger partial charge in [-0.3, -0.25) is 14.4 Å². The van der Waals surface area contributed by atoms with Gasteiger partial charge in [0.25, 0.3) is 0 Å². The van der Waals surface area contributed by atoms with Crippen LogP contribution in [0.2, 0.25) is 0 Å². The Morgan fingerprint density at radius 3 is 2.37 bits per heavy atom. The zero-order valence-corrected chi connectivity index (χ0v) is 17.0. The Kier molecular flexibility index (Phi) is 7.17. The molecule has 7 heteroatoms. The lowest BCUT2D eigenvalue weighted by molar-refractivity contribution is -0.133. The smallest absolute Gasteiger partial charge is 0.224 e. The van der Waals surface area contributed by atoms with Crippen molar-refractivity contribution in [3.63, 3.8) is 0 Å². The monoisotopic (exact) mass is 411 g/mol. The van der Waals surface area contributed by atoms with Crippen LogP contribution in [0.4, 0.5) is 4.39 Å². The number of nitrogens with zero attached hydrogens (tertiary/aromatic N) is 1. The van der Waals surface area contributed by atoms with E-state index in [0.29, 0.717) is 19.6 Å². The Hall–Kier alpha value is -3.22. The highest BCUT2D eigenvalue weighted by atomic mass is 19.1. The lowest BCUT2D eigenvalue weighted by Crippen LogP contribution is -2.42. The lowest BCUT2D eigenvalue weighted by atomic mass is 9.90. The van der Waals surface area contributed by atoms with E-state index in [9.17, 15) is 18.8 Å². The van der Waals surface area contributed by atoms with Gasteiger partial charge < -0.3 is 15.5 Å². The fraction of sp³-hybridized carbons (Fsp3) is 0.348. The third-order valence-corrected chi connectivity index (χ3v) is 5.24. The van der Waals surface area contributed by atoms with Crippen molar-refractivity contribution >= 4 is 17.7 Å². The van der Waals surface area contributed by atoms with Gasteiger partial charge in [-0.25, -0.2) is 4.39 Å². The molecule has 0 aliphatic carbocycles. The Balaban J connectivity index is 1.46. The van der Waals surface area contributed by atoms with Crippen molar-refractivity contribution in [2.24, 2.45) is 0 Å². The molecule has 0 radical (unpaired) electrons. The van der Waals surface area contributed by atoms with Crippen LogP contribution in [0.25, 0.3) is 0 Å². The predicted molar refractivity (Wildman–Crippen MR) is 111 cm³/mol. The normalized spacial score (nSPS) is 15.3. The van der Waals surface area contributed by atoms with Crippen LogP contribution in [-0.4, -0.2) is 42.3 Å². The number of fused-ring (bicyclic) bond motifs is 1. The van der Waals surface area contributed by atoms with Gasteiger partial charge in [0.15, 0.2) is 0 Å². The SMILES string of the molecule is CC(=O)N1CCc2ccccc2C1CC(=O)NCCNC(=O)Cc1ccc(F)cc1. The molecular weight excluding hydrogens is 385 g/mol. The summed E-state index contributed by atoms with van der Waals surface area (Å²) < 4.78 is 12.9. The summed E-state index contributed by atoms with van der Waals surface area (Å²) in [5.41, 5.74) is 2.90. The average Bonchev–Trinajstić information content (AvgIpc) is 2.73. The molecule has 2 N–H and O–H groups in total. The first-order chi connectivity index (χ1) is 14.4. The van der Waals surface area contributed by atoms with Gasteiger partial charge >= 0.3 is 0 Å². The zero-order valence-electron chi connectivity index (χ0n) is 17.0. The Labute approximate surface area is 175 Å². The number of amides is 3. The molecule has 0 bridgehead atoms. The van der Waals surface area contributed by atoms with Gasteiger partial charge in [0.2, 0.25) is 17.7 Å². The highest BCUT2D eigenvalue weighted by Gasteiger charge is 2.30. The van der Waals surface area contributed by atoms with Crippen LogP contribution in [0.15, 0.2) is 48.5 Å². The van der Waals surface area contributed by atoms with E-state index in [2.05, 4.69) is 10.6 Å². The van der Waals surface area contributed by atoms with Crippen LogP contribution in [0, 0.1) is 5.82 Å². The summed E-state index contributed by atoms with van der Waals surface area (Å²) in [6, 6.07) is 13.4. The number of carbonyl (C=O) groups is 3. The highest BCUT2D eigenvalue weighted by Crippen LogP contribution is 2.32. The molecule has 1 aliphatic rings. The number of rotatable bonds is 7. The molecule has 1 atom stereocenters. The van der Waals surface area contributed by atoms with E-state index in [4.69, 9.17) is 0 Å². The first-order valence-electron chi connectivity index (χ1n) is 10.1. The number of hydrogen-bond donors (Lipinski definition) is 2. The second-order valence-electron chi connectivity index (χ2n) is 7.38. The quantitative estimate of drug-likeness (QED) is 0.686. The van der Waals surface area contributed by atoms with E-state index in [1.54, 1.807) is 17.0 Å². The molecule has 1 heterocycles. The standard InChI is InChI=1S/C23H26FN3O3/c1-16(28)27-13-10-18-4-2-3-5-20(18)21(27)15-23(30)26-12-11-25-22(29)14-17-6-8-19(24)9-7-17/h2-9,21H,10-15H2,1H3,(H,25,29)(H,26,30). The van der Waals surface area contributed by atoms with Crippen molar-refractivity contribution in [2.75, 3.05) is 19.6 Å². The van der Waals surface area contributed by atoms with Gasteiger partial charge in [-0.05, 0) is 35.2 Å². The Morgan fingerprint density at radius 1 is 1.00 bits per heavy atom. The number of hydrogen-bond acceptors (Lipinski definition) is 3. The lowest BCUT2D eigenvalue weighted by Gasteiger charge is -2.36. The Morgan fingerprint density at radius 2 is 1.67 bits per heavy atom. The first-order valence-corrected chi connectivity index (χ1v) is 10.1. The molecule has 1 aliphatic heterocycles. The maximum atomic E-state index is 12.9. The van der Waals surface area contributed by atoms with Crippen LogP contribution >= 0.6 is 0 Å². The van der Waals surface area contributed by atoms with E-state index in [1.807, 2.05) is 24.3 Å². The summed E-state index contributed by atoms with van der Waals surface area (Å²) >= 11 is 0. The molecule has 30 heavy (non-hydrogen) atoms. The molecular formula is C23H26FN3O3. The third-order valence-electron chi connectivity index (χ3n) is 5.24. The minimum atomic E-state index is -0.342. The molecule has 0 aromatic heterocycles. The van der Waals surface area contributed by atoms with Crippen LogP contribution in [-0.2, 0) is 27.2 Å². The van der Waals surface area contributed by atoms with Gasteiger partial charge in [0.05, 0.1) is 18.9 Å². The number of halogens is 1. The second-order valence-corrected chi connectivity index (χ2v) is 7.38. The molecule has 2 aromatic carbocycles. The van der Waals surface area contributed by atoms with Gasteiger partial charge in [0.1, 0.15) is 5.82 Å². The third kappa shape index (κ3) is 5.65. The van der Waals surface area contributed by atoms with Crippen molar-refractivity contribution in [1.29, 1.82) is 0 Å². The van der Waals surface area contributed by atoms with Crippen LogP contribution in [0.1, 0.15) is 36.1 Å². The molecule has 1 unspecified atom stereocenters. The summed E-state index contributed by atoms with van der Waals surface area (Å²) in [5, 5.41) is 5.54. The fourth-order valence-electron chi connectivity index (χ4n) is 3.75. The topological polar surface area (TPSA) is 78.5 Å². The van der Waals surface area contributed by atoms with Crippen molar-refractivity contribution in [3.8, 4) is 0 Å². The predicted octanol–water partition coefficient (Wildman–Crippen LogP) is 2.14. The van der Waals surface area contributed by atoms with E-state index in [1.165, 1.54) is 24.6 Å². The van der Waals surface area contributed by atoms with Crippen LogP contribution < -0.4 is 10.6 Å². The highest BCUT2D eigenvalue weighted by molar-refractivity contribution is 5.80. The van der Waals surface area contributed by atoms with Gasteiger partial charge in [-0.1, -0.05) is 36.4 Å². The molecule has 2 aromatic rings. The minimum Gasteiger partial charge on any atom is -0.354 e. The molecule has 0 fully saturated rings. The minimum absolute atomic E-state index is 0.0460. The summed E-state index contributed by atoms with van der Waals surface area (Å²) in [6.07, 6.45) is 1.12. The first kappa shape index (κ1) is 21.5. The maximum Gasteiger partial charge on any atom is 0.224 e. The Bertz CT molecular complexity index is 914. The number of nitrogens with one attached hydrogen (secondary N) is 2. The van der Waals surface area contributed by atoms with Gasteiger partial charge in [0, 0.05) is 26.6 Å². The second kappa shape index (κ2) is 10.0. The van der Waals surface area contributed by atoms with Crippen molar-refractivity contribution < 1.29 is 18.8 Å². The number of benzene rings is 2. The van der Waals surface area contributed by atoms with E-state index >= 15 is 0 Å². The largest absolute Gasteiger partial charge is 0.354 e. The van der Waals surface area contributed by atoms with Gasteiger partial charge in [-0.2, -0.15) is 0 Å². The molecule has 0 spiro atoms. The van der Waals surface area contributed by atoms with E-state index in [-0.39, 0.29) is 42.4 Å². The summed E-state index contributed by atoms with van der Waals surface area (Å²) in [6.45, 7) is 2.71. The summed E-state index contributed by atoms with van der Waals surface area (Å²) in [5.74, 6) is -0.753. The van der Waals surface area contributed by atoms with Crippen molar-refractivity contribution in [3.05, 3.63) is 71.0 Å². The zero-order chi connectivity index (χ0) is 21.5. The van der Waals surface area contributed by atoms with Crippen LogP contribution in [0.5, 0.6) is 0 Å². The average molecular weight is 411 g/mol. The van der Waals surface area contributed by atoms with Crippen LogP contribution in [0.3, 0.4) is 0 Å².